The van der Waals surface area contributed by atoms with Crippen LogP contribution in [0.15, 0.2) is 18.2 Å². The molecule has 0 saturated carbocycles. The first kappa shape index (κ1) is 12.9. The molecular weight excluding hydrogens is 223 g/mol. The molecule has 4 heteroatoms. The minimum absolute atomic E-state index is 0.0832. The summed E-state index contributed by atoms with van der Waals surface area (Å²) in [6.07, 6.45) is 0. The van der Waals surface area contributed by atoms with E-state index in [0.29, 0.717) is 0 Å². The lowest BCUT2D eigenvalue weighted by molar-refractivity contribution is 0.443. The van der Waals surface area contributed by atoms with Gasteiger partial charge in [0.25, 0.3) is 0 Å². The van der Waals surface area contributed by atoms with Crippen molar-refractivity contribution in [3.8, 4) is 0 Å². The summed E-state index contributed by atoms with van der Waals surface area (Å²) in [6, 6.07) is 4.80. The van der Waals surface area contributed by atoms with Crippen LogP contribution in [-0.2, 0) is 0 Å². The topological polar surface area (TPSA) is 38.0 Å². The number of nitrogens with one attached hydrogen (secondary N) is 1. The molecule has 0 aliphatic heterocycles. The summed E-state index contributed by atoms with van der Waals surface area (Å²) in [5.41, 5.74) is 6.56. The summed E-state index contributed by atoms with van der Waals surface area (Å²) in [5.74, 6) is -0.383. The summed E-state index contributed by atoms with van der Waals surface area (Å²) in [6.45, 7) is 7.11. The Morgan fingerprint density at radius 2 is 2.06 bits per heavy atom. The molecule has 1 aromatic rings. The first-order chi connectivity index (χ1) is 7.29. The Labute approximate surface area is 101 Å². The molecule has 0 aliphatic carbocycles. The maximum Gasteiger partial charge on any atom is 0.135 e. The van der Waals surface area contributed by atoms with E-state index in [4.69, 9.17) is 18.0 Å². The Bertz CT molecular complexity index is 396. The van der Waals surface area contributed by atoms with E-state index >= 15 is 0 Å². The molecule has 0 aromatic heterocycles. The second-order valence-corrected chi connectivity index (χ2v) is 5.41. The molecule has 88 valence electrons. The van der Waals surface area contributed by atoms with Crippen molar-refractivity contribution >= 4 is 22.9 Å². The zero-order chi connectivity index (χ0) is 12.3. The van der Waals surface area contributed by atoms with Crippen LogP contribution in [0.5, 0.6) is 0 Å². The van der Waals surface area contributed by atoms with Gasteiger partial charge in [-0.2, -0.15) is 0 Å². The molecule has 0 aliphatic rings. The van der Waals surface area contributed by atoms with Crippen LogP contribution in [0.4, 0.5) is 10.1 Å². The third-order valence-corrected chi connectivity index (χ3v) is 2.28. The molecule has 0 spiro atoms. The van der Waals surface area contributed by atoms with E-state index in [1.54, 1.807) is 12.1 Å². The number of rotatable bonds is 3. The largest absolute Gasteiger partial charge is 0.389 e. The lowest BCUT2D eigenvalue weighted by Gasteiger charge is -2.19. The number of benzene rings is 1. The summed E-state index contributed by atoms with van der Waals surface area (Å²) >= 11 is 4.73. The van der Waals surface area contributed by atoms with E-state index < -0.39 is 0 Å². The Morgan fingerprint density at radius 1 is 1.44 bits per heavy atom. The van der Waals surface area contributed by atoms with E-state index in [-0.39, 0.29) is 21.8 Å². The van der Waals surface area contributed by atoms with Crippen LogP contribution in [-0.4, -0.2) is 11.5 Å². The Hall–Kier alpha value is -1.16. The predicted molar refractivity (Wildman–Crippen MR) is 70.2 cm³/mol. The van der Waals surface area contributed by atoms with Crippen LogP contribution < -0.4 is 11.1 Å². The monoisotopic (exact) mass is 240 g/mol. The van der Waals surface area contributed by atoms with E-state index in [1.165, 1.54) is 6.07 Å². The maximum atomic E-state index is 13.5. The molecule has 16 heavy (non-hydrogen) atoms. The SMILES string of the molecule is CC(C)(C)CNc1ccc(C(N)=S)c(F)c1. The quantitative estimate of drug-likeness (QED) is 0.798. The van der Waals surface area contributed by atoms with Crippen molar-refractivity contribution in [1.29, 1.82) is 0 Å². The molecule has 0 unspecified atom stereocenters. The second-order valence-electron chi connectivity index (χ2n) is 4.97. The van der Waals surface area contributed by atoms with Gasteiger partial charge in [0.15, 0.2) is 0 Å². The van der Waals surface area contributed by atoms with Gasteiger partial charge in [-0.05, 0) is 23.6 Å². The molecule has 1 aromatic carbocycles. The molecule has 0 saturated heterocycles. The third-order valence-electron chi connectivity index (χ3n) is 2.06. The molecule has 0 radical (unpaired) electrons. The van der Waals surface area contributed by atoms with Crippen molar-refractivity contribution in [2.75, 3.05) is 11.9 Å². The second kappa shape index (κ2) is 4.78. The lowest BCUT2D eigenvalue weighted by atomic mass is 9.97. The van der Waals surface area contributed by atoms with Crippen molar-refractivity contribution in [3.05, 3.63) is 29.6 Å². The normalized spacial score (nSPS) is 11.2. The summed E-state index contributed by atoms with van der Waals surface area (Å²) in [5, 5.41) is 3.17. The summed E-state index contributed by atoms with van der Waals surface area (Å²) in [7, 11) is 0. The molecule has 2 nitrogen and oxygen atoms in total. The van der Waals surface area contributed by atoms with Gasteiger partial charge in [0.05, 0.1) is 0 Å². The first-order valence-electron chi connectivity index (χ1n) is 5.13. The van der Waals surface area contributed by atoms with Crippen molar-refractivity contribution in [2.45, 2.75) is 20.8 Å². The number of hydrogen-bond acceptors (Lipinski definition) is 2. The van der Waals surface area contributed by atoms with Gasteiger partial charge in [-0.1, -0.05) is 33.0 Å². The van der Waals surface area contributed by atoms with Crippen LogP contribution in [0, 0.1) is 11.2 Å². The third kappa shape index (κ3) is 3.77. The van der Waals surface area contributed by atoms with E-state index in [1.807, 2.05) is 0 Å². The Morgan fingerprint density at radius 3 is 2.50 bits per heavy atom. The number of hydrogen-bond donors (Lipinski definition) is 2. The summed E-state index contributed by atoms with van der Waals surface area (Å²) in [4.78, 5) is 0.0832. The molecule has 0 amide bonds. The molecule has 0 bridgehead atoms. The molecule has 0 atom stereocenters. The van der Waals surface area contributed by atoms with Crippen LogP contribution in [0.25, 0.3) is 0 Å². The number of anilines is 1. The highest BCUT2D eigenvalue weighted by molar-refractivity contribution is 7.80. The van der Waals surface area contributed by atoms with Crippen molar-refractivity contribution in [3.63, 3.8) is 0 Å². The minimum atomic E-state index is -0.383. The molecule has 0 heterocycles. The maximum absolute atomic E-state index is 13.5. The fourth-order valence-corrected chi connectivity index (χ4v) is 1.36. The van der Waals surface area contributed by atoms with Gasteiger partial charge in [0, 0.05) is 17.8 Å². The Balaban J connectivity index is 2.78. The van der Waals surface area contributed by atoms with Crippen LogP contribution >= 0.6 is 12.2 Å². The van der Waals surface area contributed by atoms with Crippen LogP contribution in [0.2, 0.25) is 0 Å². The number of nitrogens with two attached hydrogens (primary N) is 1. The highest BCUT2D eigenvalue weighted by Crippen LogP contribution is 2.18. The highest BCUT2D eigenvalue weighted by Gasteiger charge is 2.10. The van der Waals surface area contributed by atoms with Gasteiger partial charge in [0.1, 0.15) is 10.8 Å². The fraction of sp³-hybridized carbons (Fsp3) is 0.417. The van der Waals surface area contributed by atoms with Crippen molar-refractivity contribution in [1.82, 2.24) is 0 Å². The smallest absolute Gasteiger partial charge is 0.135 e. The molecule has 1 rings (SSSR count). The average Bonchev–Trinajstić information content (AvgIpc) is 2.13. The fourth-order valence-electron chi connectivity index (χ4n) is 1.19. The van der Waals surface area contributed by atoms with Gasteiger partial charge >= 0.3 is 0 Å². The molecule has 0 fully saturated rings. The Kier molecular flexibility index (Phi) is 3.86. The molecule has 3 N–H and O–H groups in total. The van der Waals surface area contributed by atoms with Gasteiger partial charge < -0.3 is 11.1 Å². The van der Waals surface area contributed by atoms with Crippen LogP contribution in [0.3, 0.4) is 0 Å². The van der Waals surface area contributed by atoms with E-state index in [2.05, 4.69) is 26.1 Å². The van der Waals surface area contributed by atoms with E-state index in [9.17, 15) is 4.39 Å². The van der Waals surface area contributed by atoms with Crippen molar-refractivity contribution in [2.24, 2.45) is 11.1 Å². The van der Waals surface area contributed by atoms with Gasteiger partial charge in [-0.15, -0.1) is 0 Å². The number of thiocarbonyl (C=S) groups is 1. The average molecular weight is 240 g/mol. The first-order valence-corrected chi connectivity index (χ1v) is 5.54. The predicted octanol–water partition coefficient (Wildman–Crippen LogP) is 2.92. The number of halogens is 1. The van der Waals surface area contributed by atoms with Gasteiger partial charge in [-0.25, -0.2) is 4.39 Å². The van der Waals surface area contributed by atoms with Crippen molar-refractivity contribution < 1.29 is 4.39 Å². The zero-order valence-electron chi connectivity index (χ0n) is 9.80. The lowest BCUT2D eigenvalue weighted by Crippen LogP contribution is -2.19. The highest BCUT2D eigenvalue weighted by atomic mass is 32.1. The van der Waals surface area contributed by atoms with Crippen LogP contribution in [0.1, 0.15) is 26.3 Å². The van der Waals surface area contributed by atoms with E-state index in [0.717, 1.165) is 12.2 Å². The summed E-state index contributed by atoms with van der Waals surface area (Å²) < 4.78 is 13.5. The minimum Gasteiger partial charge on any atom is -0.389 e. The zero-order valence-corrected chi connectivity index (χ0v) is 10.6. The molecular formula is C12H17FN2S. The van der Waals surface area contributed by atoms with Gasteiger partial charge in [0.2, 0.25) is 0 Å². The standard InChI is InChI=1S/C12H17FN2S/c1-12(2,3)7-15-8-4-5-9(11(14)16)10(13)6-8/h4-6,15H,7H2,1-3H3,(H2,14,16). The van der Waals surface area contributed by atoms with Gasteiger partial charge in [-0.3, -0.25) is 0 Å².